The fourth-order valence-electron chi connectivity index (χ4n) is 5.40. The Kier molecular flexibility index (Phi) is 5.83. The fraction of sp³-hybridized carbons (Fsp3) is 0.370. The van der Waals surface area contributed by atoms with Crippen molar-refractivity contribution in [3.05, 3.63) is 77.9 Å². The summed E-state index contributed by atoms with van der Waals surface area (Å²) < 4.78 is 18.8. The Balaban J connectivity index is 1.45. The van der Waals surface area contributed by atoms with E-state index in [1.807, 2.05) is 35.2 Å². The number of carbonyl (C=O) groups excluding carboxylic acids is 1. The molecule has 1 saturated carbocycles. The lowest BCUT2D eigenvalue weighted by atomic mass is 9.77. The molecular formula is C27H28FN3O2. The van der Waals surface area contributed by atoms with Gasteiger partial charge in [0.05, 0.1) is 24.3 Å². The summed E-state index contributed by atoms with van der Waals surface area (Å²) >= 11 is 0. The van der Waals surface area contributed by atoms with E-state index < -0.39 is 5.41 Å². The molecule has 3 aromatic rings. The van der Waals surface area contributed by atoms with Crippen LogP contribution in [0.5, 0.6) is 5.75 Å². The van der Waals surface area contributed by atoms with Gasteiger partial charge in [0.25, 0.3) is 0 Å². The zero-order chi connectivity index (χ0) is 22.8. The number of aromatic nitrogens is 2. The van der Waals surface area contributed by atoms with Crippen LogP contribution in [0.25, 0.3) is 11.4 Å². The number of rotatable bonds is 5. The largest absolute Gasteiger partial charge is 0.497 e. The van der Waals surface area contributed by atoms with E-state index >= 15 is 0 Å². The average molecular weight is 446 g/mol. The van der Waals surface area contributed by atoms with Crippen LogP contribution in [0.15, 0.2) is 60.8 Å². The van der Waals surface area contributed by atoms with Gasteiger partial charge in [-0.2, -0.15) is 0 Å². The summed E-state index contributed by atoms with van der Waals surface area (Å²) in [4.78, 5) is 25.4. The van der Waals surface area contributed by atoms with Gasteiger partial charge >= 0.3 is 0 Å². The van der Waals surface area contributed by atoms with Crippen LogP contribution in [-0.2, 0) is 10.2 Å². The number of amides is 1. The van der Waals surface area contributed by atoms with E-state index in [-0.39, 0.29) is 17.8 Å². The number of benzene rings is 2. The van der Waals surface area contributed by atoms with E-state index in [0.717, 1.165) is 61.1 Å². The molecule has 6 heteroatoms. The summed E-state index contributed by atoms with van der Waals surface area (Å²) in [7, 11) is 1.64. The molecule has 1 aliphatic heterocycles. The van der Waals surface area contributed by atoms with Crippen molar-refractivity contribution in [2.75, 3.05) is 13.7 Å². The normalized spacial score (nSPS) is 19.6. The van der Waals surface area contributed by atoms with Crippen LogP contribution in [0.1, 0.15) is 55.8 Å². The van der Waals surface area contributed by atoms with Gasteiger partial charge in [-0.25, -0.2) is 14.4 Å². The van der Waals surface area contributed by atoms with Crippen molar-refractivity contribution >= 4 is 5.91 Å². The second kappa shape index (κ2) is 8.93. The Bertz CT molecular complexity index is 1120. The van der Waals surface area contributed by atoms with Crippen LogP contribution in [0.2, 0.25) is 0 Å². The Morgan fingerprint density at radius 1 is 1.03 bits per heavy atom. The summed E-state index contributed by atoms with van der Waals surface area (Å²) in [6.07, 6.45) is 7.23. The molecular weight excluding hydrogens is 417 g/mol. The first-order chi connectivity index (χ1) is 16.1. The van der Waals surface area contributed by atoms with E-state index in [1.54, 1.807) is 25.4 Å². The highest BCUT2D eigenvalue weighted by Gasteiger charge is 2.47. The molecule has 1 atom stereocenters. The van der Waals surface area contributed by atoms with Crippen molar-refractivity contribution in [1.82, 2.24) is 14.9 Å². The quantitative estimate of drug-likeness (QED) is 0.523. The Morgan fingerprint density at radius 2 is 1.76 bits per heavy atom. The maximum absolute atomic E-state index is 14.0. The predicted molar refractivity (Wildman–Crippen MR) is 124 cm³/mol. The lowest BCUT2D eigenvalue weighted by Gasteiger charge is -2.35. The van der Waals surface area contributed by atoms with Crippen LogP contribution in [-0.4, -0.2) is 34.4 Å². The molecule has 0 N–H and O–H groups in total. The number of likely N-dealkylation sites (tertiary alicyclic amines) is 1. The Hall–Kier alpha value is -3.28. The van der Waals surface area contributed by atoms with Gasteiger partial charge in [0, 0.05) is 18.3 Å². The number of methoxy groups -OCH3 is 1. The molecule has 1 aliphatic carbocycles. The molecule has 0 radical (unpaired) electrons. The van der Waals surface area contributed by atoms with Crippen LogP contribution < -0.4 is 4.74 Å². The van der Waals surface area contributed by atoms with Crippen molar-refractivity contribution in [2.45, 2.75) is 50.0 Å². The molecule has 2 heterocycles. The summed E-state index contributed by atoms with van der Waals surface area (Å²) in [6.45, 7) is 0.717. The van der Waals surface area contributed by atoms with Crippen LogP contribution >= 0.6 is 0 Å². The summed E-state index contributed by atoms with van der Waals surface area (Å²) in [6, 6.07) is 16.0. The van der Waals surface area contributed by atoms with Gasteiger partial charge < -0.3 is 9.64 Å². The molecule has 1 aromatic heterocycles. The standard InChI is InChI=1S/C27H28FN3O2/c1-33-22-12-6-19(7-13-22)25-29-17-14-23(30-25)24-5-4-18-31(24)26(32)27(15-2-3-16-27)20-8-10-21(28)11-9-20/h6-14,17,24H,2-5,15-16,18H2,1H3. The summed E-state index contributed by atoms with van der Waals surface area (Å²) in [5.74, 6) is 1.30. The molecule has 0 bridgehead atoms. The lowest BCUT2D eigenvalue weighted by Crippen LogP contribution is -2.45. The van der Waals surface area contributed by atoms with Crippen LogP contribution in [0.3, 0.4) is 0 Å². The molecule has 1 saturated heterocycles. The number of hydrogen-bond donors (Lipinski definition) is 0. The monoisotopic (exact) mass is 445 g/mol. The molecule has 1 unspecified atom stereocenters. The van der Waals surface area contributed by atoms with Gasteiger partial charge in [-0.05, 0) is 73.7 Å². The van der Waals surface area contributed by atoms with Crippen LogP contribution in [0, 0.1) is 5.82 Å². The molecule has 2 aromatic carbocycles. The highest BCUT2D eigenvalue weighted by molar-refractivity contribution is 5.89. The van der Waals surface area contributed by atoms with E-state index in [9.17, 15) is 9.18 Å². The van der Waals surface area contributed by atoms with Gasteiger partial charge in [0.1, 0.15) is 11.6 Å². The van der Waals surface area contributed by atoms with E-state index in [1.165, 1.54) is 12.1 Å². The fourth-order valence-corrected chi connectivity index (χ4v) is 5.40. The maximum Gasteiger partial charge on any atom is 0.233 e. The maximum atomic E-state index is 14.0. The van der Waals surface area contributed by atoms with Crippen molar-refractivity contribution in [3.63, 3.8) is 0 Å². The van der Waals surface area contributed by atoms with E-state index in [4.69, 9.17) is 9.72 Å². The first-order valence-electron chi connectivity index (χ1n) is 11.7. The molecule has 5 nitrogen and oxygen atoms in total. The van der Waals surface area contributed by atoms with E-state index in [2.05, 4.69) is 4.98 Å². The lowest BCUT2D eigenvalue weighted by molar-refractivity contribution is -0.138. The van der Waals surface area contributed by atoms with Crippen molar-refractivity contribution in [3.8, 4) is 17.1 Å². The third kappa shape index (κ3) is 3.99. The summed E-state index contributed by atoms with van der Waals surface area (Å²) in [5, 5.41) is 0. The Morgan fingerprint density at radius 3 is 2.45 bits per heavy atom. The van der Waals surface area contributed by atoms with Crippen molar-refractivity contribution < 1.29 is 13.9 Å². The smallest absolute Gasteiger partial charge is 0.233 e. The zero-order valence-corrected chi connectivity index (χ0v) is 18.8. The minimum absolute atomic E-state index is 0.0737. The van der Waals surface area contributed by atoms with Gasteiger partial charge in [-0.3, -0.25) is 4.79 Å². The van der Waals surface area contributed by atoms with E-state index in [0.29, 0.717) is 12.4 Å². The molecule has 1 amide bonds. The number of halogens is 1. The first kappa shape index (κ1) is 21.6. The highest BCUT2D eigenvalue weighted by Crippen LogP contribution is 2.45. The van der Waals surface area contributed by atoms with Gasteiger partial charge in [-0.1, -0.05) is 25.0 Å². The van der Waals surface area contributed by atoms with Gasteiger partial charge in [0.2, 0.25) is 5.91 Å². The topological polar surface area (TPSA) is 55.3 Å². The van der Waals surface area contributed by atoms with Crippen LogP contribution in [0.4, 0.5) is 4.39 Å². The molecule has 170 valence electrons. The minimum atomic E-state index is -0.567. The van der Waals surface area contributed by atoms with Gasteiger partial charge in [0.15, 0.2) is 5.82 Å². The first-order valence-corrected chi connectivity index (χ1v) is 11.7. The number of ether oxygens (including phenoxy) is 1. The Labute approximate surface area is 193 Å². The summed E-state index contributed by atoms with van der Waals surface area (Å²) in [5.41, 5.74) is 2.14. The van der Waals surface area contributed by atoms with Crippen molar-refractivity contribution in [2.24, 2.45) is 0 Å². The second-order valence-electron chi connectivity index (χ2n) is 8.99. The van der Waals surface area contributed by atoms with Crippen molar-refractivity contribution in [1.29, 1.82) is 0 Å². The third-order valence-electron chi connectivity index (χ3n) is 7.14. The number of nitrogens with zero attached hydrogens (tertiary/aromatic N) is 3. The highest BCUT2D eigenvalue weighted by atomic mass is 19.1. The molecule has 2 aliphatic rings. The molecule has 2 fully saturated rings. The predicted octanol–water partition coefficient (Wildman–Crippen LogP) is 5.47. The third-order valence-corrected chi connectivity index (χ3v) is 7.14. The molecule has 5 rings (SSSR count). The second-order valence-corrected chi connectivity index (χ2v) is 8.99. The SMILES string of the molecule is COc1ccc(-c2nccc(C3CCCN3C(=O)C3(c4ccc(F)cc4)CCCC3)n2)cc1. The number of hydrogen-bond acceptors (Lipinski definition) is 4. The minimum Gasteiger partial charge on any atom is -0.497 e. The zero-order valence-electron chi connectivity index (χ0n) is 18.8. The average Bonchev–Trinajstić information content (AvgIpc) is 3.55. The molecule has 0 spiro atoms. The van der Waals surface area contributed by atoms with Gasteiger partial charge in [-0.15, -0.1) is 0 Å². The number of carbonyl (C=O) groups is 1. The molecule has 33 heavy (non-hydrogen) atoms.